The summed E-state index contributed by atoms with van der Waals surface area (Å²) in [6.07, 6.45) is 0.546. The van der Waals surface area contributed by atoms with E-state index in [2.05, 4.69) is 5.10 Å². The lowest BCUT2D eigenvalue weighted by Crippen LogP contribution is -2.17. The monoisotopic (exact) mass is 193 g/mol. The predicted octanol–water partition coefficient (Wildman–Crippen LogP) is 0.995. The van der Waals surface area contributed by atoms with E-state index in [9.17, 15) is 0 Å². The third kappa shape index (κ3) is 3.35. The summed E-state index contributed by atoms with van der Waals surface area (Å²) in [7, 11) is 0. The lowest BCUT2D eigenvalue weighted by atomic mass is 10.2. The summed E-state index contributed by atoms with van der Waals surface area (Å²) in [5, 5.41) is 3.35. The van der Waals surface area contributed by atoms with Gasteiger partial charge in [-0.2, -0.15) is 5.10 Å². The van der Waals surface area contributed by atoms with Gasteiger partial charge in [-0.05, 0) is 24.6 Å². The third-order valence-electron chi connectivity index (χ3n) is 1.78. The van der Waals surface area contributed by atoms with Crippen LogP contribution in [0.1, 0.15) is 12.0 Å². The van der Waals surface area contributed by atoms with Crippen molar-refractivity contribution in [2.45, 2.75) is 13.3 Å². The van der Waals surface area contributed by atoms with E-state index in [4.69, 9.17) is 16.3 Å². The summed E-state index contributed by atoms with van der Waals surface area (Å²) < 4.78 is 5.44. The molecular formula is C10H15N3O. The van der Waals surface area contributed by atoms with Gasteiger partial charge in [-0.15, -0.1) is 0 Å². The van der Waals surface area contributed by atoms with E-state index < -0.39 is 0 Å². The first-order valence-electron chi connectivity index (χ1n) is 4.44. The van der Waals surface area contributed by atoms with Gasteiger partial charge in [0.1, 0.15) is 11.6 Å². The van der Waals surface area contributed by atoms with Gasteiger partial charge >= 0.3 is 0 Å². The van der Waals surface area contributed by atoms with Crippen LogP contribution in [0.15, 0.2) is 29.4 Å². The lowest BCUT2D eigenvalue weighted by molar-refractivity contribution is 0.328. The summed E-state index contributed by atoms with van der Waals surface area (Å²) in [6, 6.07) is 7.84. The van der Waals surface area contributed by atoms with E-state index in [0.717, 1.165) is 5.75 Å². The number of hydrogen-bond acceptors (Lipinski definition) is 3. The molecule has 76 valence electrons. The second kappa shape index (κ2) is 5.11. The van der Waals surface area contributed by atoms with Crippen molar-refractivity contribution in [2.24, 2.45) is 16.7 Å². The Labute approximate surface area is 83.5 Å². The van der Waals surface area contributed by atoms with Crippen molar-refractivity contribution in [1.82, 2.24) is 0 Å². The molecule has 0 amide bonds. The minimum atomic E-state index is 0.401. The fraction of sp³-hybridized carbons (Fsp3) is 0.300. The van der Waals surface area contributed by atoms with Crippen molar-refractivity contribution in [2.75, 3.05) is 6.61 Å². The summed E-state index contributed by atoms with van der Waals surface area (Å²) >= 11 is 0. The van der Waals surface area contributed by atoms with Gasteiger partial charge in [0.15, 0.2) is 0 Å². The Kier molecular flexibility index (Phi) is 3.79. The highest BCUT2D eigenvalue weighted by atomic mass is 16.5. The molecule has 14 heavy (non-hydrogen) atoms. The van der Waals surface area contributed by atoms with Crippen LogP contribution in [-0.4, -0.2) is 12.4 Å². The van der Waals surface area contributed by atoms with Crippen molar-refractivity contribution in [3.8, 4) is 5.75 Å². The average Bonchev–Trinajstić information content (AvgIpc) is 2.17. The normalized spacial score (nSPS) is 11.4. The number of amidine groups is 1. The molecule has 1 aromatic carbocycles. The zero-order valence-electron chi connectivity index (χ0n) is 8.23. The molecule has 4 N–H and O–H groups in total. The Hall–Kier alpha value is -1.71. The number of rotatable bonds is 4. The Morgan fingerprint density at radius 3 is 2.93 bits per heavy atom. The van der Waals surface area contributed by atoms with Gasteiger partial charge in [-0.25, -0.2) is 0 Å². The van der Waals surface area contributed by atoms with Crippen LogP contribution < -0.4 is 16.3 Å². The van der Waals surface area contributed by atoms with E-state index >= 15 is 0 Å². The van der Waals surface area contributed by atoms with Gasteiger partial charge < -0.3 is 16.3 Å². The van der Waals surface area contributed by atoms with Crippen LogP contribution in [0.2, 0.25) is 0 Å². The fourth-order valence-electron chi connectivity index (χ4n) is 1.04. The van der Waals surface area contributed by atoms with E-state index in [0.29, 0.717) is 18.9 Å². The predicted molar refractivity (Wildman–Crippen MR) is 57.1 cm³/mol. The maximum absolute atomic E-state index is 5.44. The lowest BCUT2D eigenvalue weighted by Gasteiger charge is -2.05. The van der Waals surface area contributed by atoms with Crippen molar-refractivity contribution in [3.05, 3.63) is 29.8 Å². The zero-order chi connectivity index (χ0) is 10.4. The van der Waals surface area contributed by atoms with Crippen molar-refractivity contribution in [3.63, 3.8) is 0 Å². The molecule has 0 aromatic heterocycles. The number of hydrazone groups is 1. The first-order chi connectivity index (χ1) is 6.72. The first-order valence-corrected chi connectivity index (χ1v) is 4.44. The molecule has 0 unspecified atom stereocenters. The van der Waals surface area contributed by atoms with Crippen LogP contribution >= 0.6 is 0 Å². The third-order valence-corrected chi connectivity index (χ3v) is 1.78. The SMILES string of the molecule is Cc1cccc(OCC/C(N)=N/N)c1. The molecule has 0 aliphatic heterocycles. The summed E-state index contributed by atoms with van der Waals surface area (Å²) in [5.74, 6) is 6.23. The first kappa shape index (κ1) is 10.4. The molecule has 0 heterocycles. The highest BCUT2D eigenvalue weighted by Crippen LogP contribution is 2.12. The number of benzene rings is 1. The van der Waals surface area contributed by atoms with Crippen LogP contribution in [0, 0.1) is 6.92 Å². The Morgan fingerprint density at radius 2 is 2.29 bits per heavy atom. The van der Waals surface area contributed by atoms with Gasteiger partial charge in [0, 0.05) is 6.42 Å². The number of hydrogen-bond donors (Lipinski definition) is 2. The molecular weight excluding hydrogens is 178 g/mol. The minimum Gasteiger partial charge on any atom is -0.493 e. The Balaban J connectivity index is 2.39. The van der Waals surface area contributed by atoms with Crippen molar-refractivity contribution in [1.29, 1.82) is 0 Å². The molecule has 0 fully saturated rings. The van der Waals surface area contributed by atoms with Gasteiger partial charge in [0.2, 0.25) is 0 Å². The van der Waals surface area contributed by atoms with E-state index in [1.54, 1.807) is 0 Å². The van der Waals surface area contributed by atoms with Gasteiger partial charge in [-0.1, -0.05) is 12.1 Å². The topological polar surface area (TPSA) is 73.6 Å². The van der Waals surface area contributed by atoms with Gasteiger partial charge in [0.25, 0.3) is 0 Å². The van der Waals surface area contributed by atoms with Gasteiger partial charge in [0.05, 0.1) is 6.61 Å². The average molecular weight is 193 g/mol. The zero-order valence-corrected chi connectivity index (χ0v) is 8.23. The number of nitrogens with two attached hydrogens (primary N) is 2. The molecule has 0 saturated carbocycles. The summed E-state index contributed by atoms with van der Waals surface area (Å²) in [4.78, 5) is 0. The molecule has 0 spiro atoms. The van der Waals surface area contributed by atoms with Crippen LogP contribution in [-0.2, 0) is 0 Å². The highest BCUT2D eigenvalue weighted by Gasteiger charge is 1.95. The summed E-state index contributed by atoms with van der Waals surface area (Å²) in [5.41, 5.74) is 6.58. The number of nitrogens with zero attached hydrogens (tertiary/aromatic N) is 1. The van der Waals surface area contributed by atoms with Crippen LogP contribution in [0.4, 0.5) is 0 Å². The smallest absolute Gasteiger partial charge is 0.122 e. The van der Waals surface area contributed by atoms with Crippen molar-refractivity contribution >= 4 is 5.84 Å². The second-order valence-electron chi connectivity index (χ2n) is 3.04. The number of ether oxygens (including phenoxy) is 1. The van der Waals surface area contributed by atoms with Crippen molar-refractivity contribution < 1.29 is 4.74 Å². The van der Waals surface area contributed by atoms with E-state index in [1.807, 2.05) is 31.2 Å². The minimum absolute atomic E-state index is 0.401. The van der Waals surface area contributed by atoms with Crippen LogP contribution in [0.25, 0.3) is 0 Å². The standard InChI is InChI=1S/C10H15N3O/c1-8-3-2-4-9(7-8)14-6-5-10(11)13-12/h2-4,7H,5-6,12H2,1H3,(H2,11,13). The molecule has 4 heteroatoms. The Bertz CT molecular complexity index is 323. The van der Waals surface area contributed by atoms with E-state index in [1.165, 1.54) is 5.56 Å². The largest absolute Gasteiger partial charge is 0.493 e. The van der Waals surface area contributed by atoms with Gasteiger partial charge in [-0.3, -0.25) is 0 Å². The fourth-order valence-corrected chi connectivity index (χ4v) is 1.04. The molecule has 0 radical (unpaired) electrons. The van der Waals surface area contributed by atoms with E-state index in [-0.39, 0.29) is 0 Å². The molecule has 0 aliphatic carbocycles. The second-order valence-corrected chi connectivity index (χ2v) is 3.04. The highest BCUT2D eigenvalue weighted by molar-refractivity contribution is 5.79. The summed E-state index contributed by atoms with van der Waals surface area (Å²) in [6.45, 7) is 2.51. The molecule has 4 nitrogen and oxygen atoms in total. The molecule has 0 atom stereocenters. The maximum Gasteiger partial charge on any atom is 0.122 e. The Morgan fingerprint density at radius 1 is 1.50 bits per heavy atom. The maximum atomic E-state index is 5.44. The van der Waals surface area contributed by atoms with Crippen LogP contribution in [0.3, 0.4) is 0 Å². The number of aryl methyl sites for hydroxylation is 1. The molecule has 0 aliphatic rings. The molecule has 0 saturated heterocycles. The molecule has 1 aromatic rings. The molecule has 1 rings (SSSR count). The van der Waals surface area contributed by atoms with Crippen LogP contribution in [0.5, 0.6) is 5.75 Å². The quantitative estimate of drug-likeness (QED) is 0.324. The molecule has 0 bridgehead atoms.